The molecule has 9 nitrogen and oxygen atoms in total. The van der Waals surface area contributed by atoms with Gasteiger partial charge >= 0.3 is 5.95 Å². The summed E-state index contributed by atoms with van der Waals surface area (Å²) in [6, 6.07) is 8.19. The Morgan fingerprint density at radius 1 is 1.40 bits per heavy atom. The molecule has 2 heterocycles. The van der Waals surface area contributed by atoms with Crippen LogP contribution in [0.1, 0.15) is 24.1 Å². The Morgan fingerprint density at radius 2 is 2.16 bits per heavy atom. The molecule has 132 valence electrons. The SMILES string of the molecule is CCc1ccc(C2CNCCN2C(=O)Cn2cnc([N+](=O)[O-])n2)cc1. The lowest BCUT2D eigenvalue weighted by molar-refractivity contribution is -0.394. The molecule has 0 spiro atoms. The maximum atomic E-state index is 12.7. The maximum absolute atomic E-state index is 12.7. The lowest BCUT2D eigenvalue weighted by Gasteiger charge is -2.36. The van der Waals surface area contributed by atoms with E-state index in [0.717, 1.165) is 12.0 Å². The molecular weight excluding hydrogens is 324 g/mol. The van der Waals surface area contributed by atoms with Crippen LogP contribution in [-0.2, 0) is 17.8 Å². The zero-order valence-corrected chi connectivity index (χ0v) is 14.0. The maximum Gasteiger partial charge on any atom is 0.490 e. The van der Waals surface area contributed by atoms with Crippen LogP contribution in [0.4, 0.5) is 5.95 Å². The fourth-order valence-electron chi connectivity index (χ4n) is 2.95. The van der Waals surface area contributed by atoms with Crippen LogP contribution in [0.15, 0.2) is 30.6 Å². The smallest absolute Gasteiger partial charge is 0.390 e. The zero-order chi connectivity index (χ0) is 17.8. The summed E-state index contributed by atoms with van der Waals surface area (Å²) in [5.41, 5.74) is 2.32. The van der Waals surface area contributed by atoms with Gasteiger partial charge in [-0.05, 0) is 22.5 Å². The highest BCUT2D eigenvalue weighted by atomic mass is 16.6. The average Bonchev–Trinajstić information content (AvgIpc) is 3.10. The lowest BCUT2D eigenvalue weighted by Crippen LogP contribution is -2.49. The fourth-order valence-corrected chi connectivity index (χ4v) is 2.95. The Balaban J connectivity index is 1.74. The molecule has 25 heavy (non-hydrogen) atoms. The Labute approximate surface area is 144 Å². The van der Waals surface area contributed by atoms with Crippen molar-refractivity contribution in [3.8, 4) is 0 Å². The van der Waals surface area contributed by atoms with Crippen molar-refractivity contribution in [2.75, 3.05) is 19.6 Å². The van der Waals surface area contributed by atoms with Gasteiger partial charge < -0.3 is 20.3 Å². The van der Waals surface area contributed by atoms with Gasteiger partial charge in [0.1, 0.15) is 6.54 Å². The van der Waals surface area contributed by atoms with E-state index in [0.29, 0.717) is 19.6 Å². The van der Waals surface area contributed by atoms with E-state index < -0.39 is 10.9 Å². The van der Waals surface area contributed by atoms with Crippen LogP contribution in [0.5, 0.6) is 0 Å². The summed E-state index contributed by atoms with van der Waals surface area (Å²) in [6.45, 7) is 4.01. The van der Waals surface area contributed by atoms with Gasteiger partial charge in [0.25, 0.3) is 0 Å². The number of benzene rings is 1. The molecule has 1 aliphatic rings. The highest BCUT2D eigenvalue weighted by Crippen LogP contribution is 2.23. The van der Waals surface area contributed by atoms with E-state index in [1.54, 1.807) is 4.90 Å². The van der Waals surface area contributed by atoms with E-state index in [9.17, 15) is 14.9 Å². The minimum Gasteiger partial charge on any atom is -0.390 e. The molecule has 1 aromatic carbocycles. The van der Waals surface area contributed by atoms with Gasteiger partial charge in [0.05, 0.1) is 6.04 Å². The van der Waals surface area contributed by atoms with Crippen molar-refractivity contribution in [1.82, 2.24) is 25.0 Å². The van der Waals surface area contributed by atoms with Crippen molar-refractivity contribution < 1.29 is 9.72 Å². The van der Waals surface area contributed by atoms with Crippen molar-refractivity contribution in [2.24, 2.45) is 0 Å². The topological polar surface area (TPSA) is 106 Å². The third-order valence-electron chi connectivity index (χ3n) is 4.32. The summed E-state index contributed by atoms with van der Waals surface area (Å²) < 4.78 is 1.21. The van der Waals surface area contributed by atoms with E-state index in [4.69, 9.17) is 0 Å². The summed E-state index contributed by atoms with van der Waals surface area (Å²) in [5, 5.41) is 17.7. The summed E-state index contributed by atoms with van der Waals surface area (Å²) >= 11 is 0. The molecule has 2 aromatic rings. The van der Waals surface area contributed by atoms with Gasteiger partial charge in [0.2, 0.25) is 12.2 Å². The number of aryl methyl sites for hydroxylation is 1. The molecule has 0 aliphatic carbocycles. The normalized spacial score (nSPS) is 17.5. The van der Waals surface area contributed by atoms with Gasteiger partial charge in [-0.3, -0.25) is 4.79 Å². The van der Waals surface area contributed by atoms with Crippen LogP contribution in [0, 0.1) is 10.1 Å². The number of aromatic nitrogens is 3. The molecule has 3 rings (SSSR count). The van der Waals surface area contributed by atoms with Crippen molar-refractivity contribution >= 4 is 11.9 Å². The van der Waals surface area contributed by atoms with E-state index in [1.807, 2.05) is 0 Å². The first-order valence-electron chi connectivity index (χ1n) is 8.21. The number of nitro groups is 1. The summed E-state index contributed by atoms with van der Waals surface area (Å²) in [7, 11) is 0. The first-order valence-corrected chi connectivity index (χ1v) is 8.21. The van der Waals surface area contributed by atoms with E-state index in [1.165, 1.54) is 16.6 Å². The van der Waals surface area contributed by atoms with Crippen LogP contribution in [0.3, 0.4) is 0 Å². The number of carbonyl (C=O) groups excluding carboxylic acids is 1. The van der Waals surface area contributed by atoms with Crippen molar-refractivity contribution in [3.05, 3.63) is 51.8 Å². The predicted molar refractivity (Wildman–Crippen MR) is 89.8 cm³/mol. The predicted octanol–water partition coefficient (Wildman–Crippen LogP) is 0.922. The molecule has 0 bridgehead atoms. The van der Waals surface area contributed by atoms with Crippen LogP contribution in [-0.4, -0.2) is 50.1 Å². The Bertz CT molecular complexity index is 757. The number of hydrogen-bond acceptors (Lipinski definition) is 6. The fraction of sp³-hybridized carbons (Fsp3) is 0.438. The average molecular weight is 344 g/mol. The second-order valence-electron chi connectivity index (χ2n) is 5.90. The quantitative estimate of drug-likeness (QED) is 0.639. The number of rotatable bonds is 5. The molecule has 0 saturated carbocycles. The van der Waals surface area contributed by atoms with Gasteiger partial charge in [-0.2, -0.15) is 4.68 Å². The van der Waals surface area contributed by atoms with Crippen LogP contribution < -0.4 is 5.32 Å². The van der Waals surface area contributed by atoms with Crippen molar-refractivity contribution in [2.45, 2.75) is 25.9 Å². The molecule has 0 radical (unpaired) electrons. The van der Waals surface area contributed by atoms with Crippen molar-refractivity contribution in [3.63, 3.8) is 0 Å². The summed E-state index contributed by atoms with van der Waals surface area (Å²) in [6.07, 6.45) is 2.18. The van der Waals surface area contributed by atoms with Gasteiger partial charge in [-0.1, -0.05) is 36.2 Å². The van der Waals surface area contributed by atoms with Crippen LogP contribution >= 0.6 is 0 Å². The highest BCUT2D eigenvalue weighted by molar-refractivity contribution is 5.76. The molecule has 1 aromatic heterocycles. The first kappa shape index (κ1) is 17.0. The van der Waals surface area contributed by atoms with Gasteiger partial charge in [0, 0.05) is 24.7 Å². The third-order valence-corrected chi connectivity index (χ3v) is 4.32. The largest absolute Gasteiger partial charge is 0.490 e. The number of nitrogens with zero attached hydrogens (tertiary/aromatic N) is 5. The number of piperazine rings is 1. The molecule has 1 saturated heterocycles. The third kappa shape index (κ3) is 3.82. The van der Waals surface area contributed by atoms with E-state index in [2.05, 4.69) is 46.6 Å². The molecule has 1 N–H and O–H groups in total. The van der Waals surface area contributed by atoms with Gasteiger partial charge in [-0.25, -0.2) is 0 Å². The molecule has 9 heteroatoms. The minimum absolute atomic E-state index is 0.0642. The van der Waals surface area contributed by atoms with Gasteiger partial charge in [-0.15, -0.1) is 0 Å². The number of amides is 1. The second kappa shape index (κ2) is 7.39. The minimum atomic E-state index is -0.677. The van der Waals surface area contributed by atoms with Crippen LogP contribution in [0.25, 0.3) is 0 Å². The number of carbonyl (C=O) groups is 1. The van der Waals surface area contributed by atoms with Crippen LogP contribution in [0.2, 0.25) is 0 Å². The zero-order valence-electron chi connectivity index (χ0n) is 14.0. The first-order chi connectivity index (χ1) is 12.1. The lowest BCUT2D eigenvalue weighted by atomic mass is 10.0. The monoisotopic (exact) mass is 344 g/mol. The Kier molecular flexibility index (Phi) is 5.03. The van der Waals surface area contributed by atoms with E-state index >= 15 is 0 Å². The number of nitrogens with one attached hydrogen (secondary N) is 1. The molecule has 1 atom stereocenters. The molecule has 1 fully saturated rings. The Hall–Kier alpha value is -2.81. The van der Waals surface area contributed by atoms with Gasteiger partial charge in [0.15, 0.2) is 0 Å². The molecule has 1 unspecified atom stereocenters. The summed E-state index contributed by atoms with van der Waals surface area (Å²) in [4.78, 5) is 28.0. The second-order valence-corrected chi connectivity index (χ2v) is 5.90. The number of hydrogen-bond donors (Lipinski definition) is 1. The molecule has 1 amide bonds. The highest BCUT2D eigenvalue weighted by Gasteiger charge is 2.29. The molecule has 1 aliphatic heterocycles. The summed E-state index contributed by atoms with van der Waals surface area (Å²) in [5.74, 6) is -0.634. The molecular formula is C16H20N6O3. The van der Waals surface area contributed by atoms with Crippen molar-refractivity contribution in [1.29, 1.82) is 0 Å². The standard InChI is InChI=1S/C16H20N6O3/c1-2-12-3-5-13(6-4-12)14-9-17-7-8-21(14)15(23)10-20-11-18-16(19-20)22(24)25/h3-6,11,14,17H,2,7-10H2,1H3. The Morgan fingerprint density at radius 3 is 2.80 bits per heavy atom. The van der Waals surface area contributed by atoms with E-state index in [-0.39, 0.29) is 18.5 Å².